The van der Waals surface area contributed by atoms with E-state index in [9.17, 15) is 14.7 Å². The molecule has 0 aromatic carbocycles. The number of alkyl carbamates (subject to hydrolysis) is 1. The largest absolute Gasteiger partial charge is 0.444 e. The minimum absolute atomic E-state index is 0.244. The summed E-state index contributed by atoms with van der Waals surface area (Å²) in [5.74, 6) is 0.244. The third-order valence-electron chi connectivity index (χ3n) is 3.51. The average molecular weight is 344 g/mol. The first-order valence-corrected chi connectivity index (χ1v) is 8.51. The number of hydrogen-bond donors (Lipinski definition) is 2. The summed E-state index contributed by atoms with van der Waals surface area (Å²) < 4.78 is 10.5. The molecule has 7 nitrogen and oxygen atoms in total. The summed E-state index contributed by atoms with van der Waals surface area (Å²) in [6.45, 7) is 12.0. The molecule has 1 heterocycles. The Hall–Kier alpha value is -1.50. The van der Waals surface area contributed by atoms with Crippen LogP contribution in [0.3, 0.4) is 0 Å². The first-order chi connectivity index (χ1) is 10.9. The Morgan fingerprint density at radius 2 is 1.58 bits per heavy atom. The number of amides is 2. The first kappa shape index (κ1) is 20.5. The van der Waals surface area contributed by atoms with Crippen molar-refractivity contribution in [3.8, 4) is 0 Å². The lowest BCUT2D eigenvalue weighted by Gasteiger charge is -2.34. The number of carbonyl (C=O) groups is 2. The Bertz CT molecular complexity index is 431. The molecule has 140 valence electrons. The van der Waals surface area contributed by atoms with Crippen LogP contribution in [-0.2, 0) is 9.47 Å². The number of hydrogen-bond acceptors (Lipinski definition) is 5. The zero-order chi connectivity index (χ0) is 18.5. The summed E-state index contributed by atoms with van der Waals surface area (Å²) in [7, 11) is 0. The van der Waals surface area contributed by atoms with E-state index in [2.05, 4.69) is 5.32 Å². The molecule has 0 aromatic rings. The number of rotatable bonds is 3. The van der Waals surface area contributed by atoms with Gasteiger partial charge in [-0.05, 0) is 66.7 Å². The molecule has 1 aliphatic heterocycles. The smallest absolute Gasteiger partial charge is 0.410 e. The molecule has 24 heavy (non-hydrogen) atoms. The predicted octanol–water partition coefficient (Wildman–Crippen LogP) is 2.87. The van der Waals surface area contributed by atoms with Crippen molar-refractivity contribution in [2.45, 2.75) is 78.2 Å². The molecular formula is C17H32N2O5. The average Bonchev–Trinajstić information content (AvgIpc) is 2.34. The summed E-state index contributed by atoms with van der Waals surface area (Å²) in [6.07, 6.45) is 0.118. The molecule has 1 unspecified atom stereocenters. The summed E-state index contributed by atoms with van der Waals surface area (Å²) in [5, 5.41) is 12.4. The minimum atomic E-state index is -0.946. The molecule has 0 aliphatic carbocycles. The summed E-state index contributed by atoms with van der Waals surface area (Å²) in [5.41, 5.74) is -1.09. The maximum atomic E-state index is 12.0. The standard InChI is InChI=1S/C17H32N2O5/c1-16(2,3)23-14(21)18-13(20)11-12-7-9-19(10-8-12)15(22)24-17(4,5)6/h12-13,20H,7-11H2,1-6H3,(H,18,21). The third kappa shape index (κ3) is 8.38. The molecule has 7 heteroatoms. The van der Waals surface area contributed by atoms with E-state index in [1.54, 1.807) is 25.7 Å². The van der Waals surface area contributed by atoms with Crippen molar-refractivity contribution in [1.82, 2.24) is 10.2 Å². The third-order valence-corrected chi connectivity index (χ3v) is 3.51. The van der Waals surface area contributed by atoms with Crippen LogP contribution in [0, 0.1) is 5.92 Å². The molecule has 0 spiro atoms. The van der Waals surface area contributed by atoms with Crippen LogP contribution in [0.1, 0.15) is 60.8 Å². The van der Waals surface area contributed by atoms with Crippen LogP contribution in [0.5, 0.6) is 0 Å². The van der Waals surface area contributed by atoms with E-state index in [1.165, 1.54) is 0 Å². The number of nitrogens with zero attached hydrogens (tertiary/aromatic N) is 1. The van der Waals surface area contributed by atoms with Gasteiger partial charge in [-0.15, -0.1) is 0 Å². The van der Waals surface area contributed by atoms with E-state index in [0.29, 0.717) is 19.5 Å². The van der Waals surface area contributed by atoms with Crippen molar-refractivity contribution in [1.29, 1.82) is 0 Å². The van der Waals surface area contributed by atoms with Crippen molar-refractivity contribution >= 4 is 12.2 Å². The quantitative estimate of drug-likeness (QED) is 0.769. The van der Waals surface area contributed by atoms with Crippen LogP contribution in [0.4, 0.5) is 9.59 Å². The Morgan fingerprint density at radius 1 is 1.08 bits per heavy atom. The maximum absolute atomic E-state index is 12.0. The highest BCUT2D eigenvalue weighted by Crippen LogP contribution is 2.23. The molecule has 1 fully saturated rings. The van der Waals surface area contributed by atoms with E-state index < -0.39 is 23.5 Å². The van der Waals surface area contributed by atoms with Gasteiger partial charge in [0.1, 0.15) is 17.4 Å². The fraction of sp³-hybridized carbons (Fsp3) is 0.882. The number of carbonyl (C=O) groups excluding carboxylic acids is 2. The van der Waals surface area contributed by atoms with Crippen molar-refractivity contribution in [2.24, 2.45) is 5.92 Å². The van der Waals surface area contributed by atoms with Crippen molar-refractivity contribution in [2.75, 3.05) is 13.1 Å². The fourth-order valence-corrected chi connectivity index (χ4v) is 2.50. The van der Waals surface area contributed by atoms with Crippen molar-refractivity contribution < 1.29 is 24.2 Å². The van der Waals surface area contributed by atoms with E-state index in [-0.39, 0.29) is 12.0 Å². The van der Waals surface area contributed by atoms with E-state index in [0.717, 1.165) is 12.8 Å². The fourth-order valence-electron chi connectivity index (χ4n) is 2.50. The second kappa shape index (κ2) is 8.05. The van der Waals surface area contributed by atoms with E-state index in [4.69, 9.17) is 9.47 Å². The molecule has 0 radical (unpaired) electrons. The van der Waals surface area contributed by atoms with Crippen LogP contribution >= 0.6 is 0 Å². The van der Waals surface area contributed by atoms with Gasteiger partial charge in [-0.3, -0.25) is 5.32 Å². The highest BCUT2D eigenvalue weighted by Gasteiger charge is 2.28. The van der Waals surface area contributed by atoms with Gasteiger partial charge in [0.15, 0.2) is 0 Å². The highest BCUT2D eigenvalue weighted by atomic mass is 16.6. The lowest BCUT2D eigenvalue weighted by atomic mass is 9.93. The lowest BCUT2D eigenvalue weighted by Crippen LogP contribution is -2.44. The summed E-state index contributed by atoms with van der Waals surface area (Å²) in [4.78, 5) is 25.3. The number of aliphatic hydroxyl groups excluding tert-OH is 1. The van der Waals surface area contributed by atoms with Gasteiger partial charge in [0, 0.05) is 13.1 Å². The number of nitrogens with one attached hydrogen (secondary N) is 1. The molecule has 1 atom stereocenters. The van der Waals surface area contributed by atoms with Gasteiger partial charge >= 0.3 is 12.2 Å². The Balaban J connectivity index is 2.33. The maximum Gasteiger partial charge on any atom is 0.410 e. The predicted molar refractivity (Wildman–Crippen MR) is 90.5 cm³/mol. The molecule has 1 rings (SSSR count). The molecule has 1 aliphatic rings. The van der Waals surface area contributed by atoms with Crippen LogP contribution in [-0.4, -0.2) is 52.7 Å². The zero-order valence-corrected chi connectivity index (χ0v) is 15.7. The van der Waals surface area contributed by atoms with Crippen LogP contribution < -0.4 is 5.32 Å². The molecule has 2 amide bonds. The molecule has 0 saturated carbocycles. The van der Waals surface area contributed by atoms with E-state index >= 15 is 0 Å². The van der Waals surface area contributed by atoms with Crippen molar-refractivity contribution in [3.63, 3.8) is 0 Å². The van der Waals surface area contributed by atoms with Crippen LogP contribution in [0.2, 0.25) is 0 Å². The molecule has 1 saturated heterocycles. The number of likely N-dealkylation sites (tertiary alicyclic amines) is 1. The van der Waals surface area contributed by atoms with Crippen molar-refractivity contribution in [3.05, 3.63) is 0 Å². The number of aliphatic hydroxyl groups is 1. The second-order valence-electron chi connectivity index (χ2n) is 8.31. The molecule has 0 aromatic heterocycles. The van der Waals surface area contributed by atoms with Crippen LogP contribution in [0.15, 0.2) is 0 Å². The topological polar surface area (TPSA) is 88.1 Å². The number of piperidine rings is 1. The molecule has 2 N–H and O–H groups in total. The highest BCUT2D eigenvalue weighted by molar-refractivity contribution is 5.68. The van der Waals surface area contributed by atoms with Gasteiger partial charge in [0.2, 0.25) is 0 Å². The first-order valence-electron chi connectivity index (χ1n) is 8.51. The monoisotopic (exact) mass is 344 g/mol. The SMILES string of the molecule is CC(C)(C)OC(=O)NC(O)CC1CCN(C(=O)OC(C)(C)C)CC1. The van der Waals surface area contributed by atoms with Crippen LogP contribution in [0.25, 0.3) is 0 Å². The number of ether oxygens (including phenoxy) is 2. The van der Waals surface area contributed by atoms with Gasteiger partial charge < -0.3 is 19.5 Å². The second-order valence-corrected chi connectivity index (χ2v) is 8.31. The Labute approximate surface area is 144 Å². The van der Waals surface area contributed by atoms with Gasteiger partial charge in [0.25, 0.3) is 0 Å². The zero-order valence-electron chi connectivity index (χ0n) is 15.7. The lowest BCUT2D eigenvalue weighted by molar-refractivity contribution is 0.0134. The molecular weight excluding hydrogens is 312 g/mol. The van der Waals surface area contributed by atoms with Gasteiger partial charge in [0.05, 0.1) is 0 Å². The molecule has 0 bridgehead atoms. The summed E-state index contributed by atoms with van der Waals surface area (Å²) in [6, 6.07) is 0. The normalized spacial score (nSPS) is 18.0. The van der Waals surface area contributed by atoms with Gasteiger partial charge in [-0.25, -0.2) is 9.59 Å². The summed E-state index contributed by atoms with van der Waals surface area (Å²) >= 11 is 0. The van der Waals surface area contributed by atoms with Gasteiger partial charge in [-0.1, -0.05) is 0 Å². The Morgan fingerprint density at radius 3 is 2.04 bits per heavy atom. The minimum Gasteiger partial charge on any atom is -0.444 e. The Kier molecular flexibility index (Phi) is 6.89. The van der Waals surface area contributed by atoms with E-state index in [1.807, 2.05) is 20.8 Å². The van der Waals surface area contributed by atoms with Gasteiger partial charge in [-0.2, -0.15) is 0 Å².